The Morgan fingerprint density at radius 3 is 2.38 bits per heavy atom. The van der Waals surface area contributed by atoms with Gasteiger partial charge in [0.1, 0.15) is 9.55 Å². The number of unbranched alkanes of at least 4 members (excludes halogenated alkanes) is 1. The highest BCUT2D eigenvalue weighted by Crippen LogP contribution is 1.96. The first kappa shape index (κ1) is 15.5. The largest absolute Gasteiger partial charge is 0.462 e. The zero-order chi connectivity index (χ0) is 10.7. The zero-order valence-corrected chi connectivity index (χ0v) is 11.6. The molecule has 0 saturated heterocycles. The van der Waals surface area contributed by atoms with E-state index in [1.807, 2.05) is 0 Å². The molecule has 13 heavy (non-hydrogen) atoms. The molecule has 0 aromatic heterocycles. The molecule has 0 N–H and O–H groups in total. The summed E-state index contributed by atoms with van der Waals surface area (Å²) in [4.78, 5) is 10.8. The molecule has 0 atom stereocenters. The summed E-state index contributed by atoms with van der Waals surface area (Å²) >= 11 is 10.2. The number of hydrogen-bond donors (Lipinski definition) is 0. The molecule has 0 aliphatic rings. The van der Waals surface area contributed by atoms with Crippen molar-refractivity contribution in [1.29, 1.82) is 0 Å². The molecular weight excluding hydrogens is 227 g/mol. The van der Waals surface area contributed by atoms with E-state index in [2.05, 4.69) is 6.58 Å². The van der Waals surface area contributed by atoms with E-state index in [1.165, 1.54) is 0 Å². The van der Waals surface area contributed by atoms with E-state index in [4.69, 9.17) is 27.4 Å². The monoisotopic (exact) mass is 242 g/mol. The summed E-state index contributed by atoms with van der Waals surface area (Å²) in [5.74, 6) is 0.296. The average Bonchev–Trinajstić information content (AvgIpc) is 2.15. The van der Waals surface area contributed by atoms with Crippen LogP contribution in [0.2, 0.25) is 0 Å². The first-order chi connectivity index (χ1) is 6.18. The second-order valence-electron chi connectivity index (χ2n) is 2.31. The summed E-state index contributed by atoms with van der Waals surface area (Å²) < 4.78 is 4.81. The van der Waals surface area contributed by atoms with Gasteiger partial charge >= 0.3 is 5.97 Å². The minimum Gasteiger partial charge on any atom is -0.462 e. The Hall–Kier alpha value is 0.00688. The molecule has 0 aliphatic carbocycles. The van der Waals surface area contributed by atoms with Crippen LogP contribution in [0.25, 0.3) is 0 Å². The fraction of sp³-hybridized carbons (Fsp3) is 0.625. The Bertz CT molecular complexity index is 151. The van der Waals surface area contributed by atoms with Crippen LogP contribution >= 0.6 is 22.7 Å². The lowest BCUT2D eigenvalue weighted by Gasteiger charge is -2.01. The van der Waals surface area contributed by atoms with Crippen molar-refractivity contribution >= 4 is 38.2 Å². The van der Waals surface area contributed by atoms with Crippen LogP contribution in [0.5, 0.6) is 0 Å². The SMILES string of the molecule is C=C(C)C(=O)OCCCCCl.[SiH3]Cl. The second-order valence-corrected chi connectivity index (χ2v) is 2.69. The molecule has 0 heterocycles. The van der Waals surface area contributed by atoms with Crippen molar-refractivity contribution in [3.8, 4) is 0 Å². The van der Waals surface area contributed by atoms with Crippen LogP contribution in [0.4, 0.5) is 0 Å². The third-order valence-electron chi connectivity index (χ3n) is 1.11. The molecule has 0 unspecified atom stereocenters. The fourth-order valence-electron chi connectivity index (χ4n) is 0.485. The molecule has 0 bridgehead atoms. The Morgan fingerprint density at radius 2 is 2.00 bits per heavy atom. The smallest absolute Gasteiger partial charge is 0.333 e. The van der Waals surface area contributed by atoms with Crippen LogP contribution in [-0.4, -0.2) is 28.0 Å². The summed E-state index contributed by atoms with van der Waals surface area (Å²) in [6.07, 6.45) is 1.70. The zero-order valence-electron chi connectivity index (χ0n) is 8.11. The molecule has 0 amide bonds. The van der Waals surface area contributed by atoms with Gasteiger partial charge in [-0.2, -0.15) is 11.1 Å². The predicted octanol–water partition coefficient (Wildman–Crippen LogP) is 1.63. The van der Waals surface area contributed by atoms with Crippen LogP contribution in [0.1, 0.15) is 19.8 Å². The van der Waals surface area contributed by atoms with Gasteiger partial charge in [-0.05, 0) is 19.8 Å². The van der Waals surface area contributed by atoms with Crippen molar-refractivity contribution in [3.05, 3.63) is 12.2 Å². The minimum absolute atomic E-state index is 0.320. The summed E-state index contributed by atoms with van der Waals surface area (Å²) in [6.45, 7) is 5.53. The number of hydrogen-bond acceptors (Lipinski definition) is 2. The normalized spacial score (nSPS) is 8.54. The third kappa shape index (κ3) is 12.0. The van der Waals surface area contributed by atoms with E-state index >= 15 is 0 Å². The number of carbonyl (C=O) groups excluding carboxylic acids is 1. The molecule has 0 fully saturated rings. The lowest BCUT2D eigenvalue weighted by atomic mass is 10.3. The van der Waals surface area contributed by atoms with Gasteiger partial charge in [-0.1, -0.05) is 6.58 Å². The summed E-state index contributed by atoms with van der Waals surface area (Å²) in [7, 11) is 0.778. The van der Waals surface area contributed by atoms with Gasteiger partial charge in [0.25, 0.3) is 0 Å². The highest BCUT2D eigenvalue weighted by atomic mass is 35.6. The highest BCUT2D eigenvalue weighted by molar-refractivity contribution is 6.80. The molecule has 0 aliphatic heterocycles. The lowest BCUT2D eigenvalue weighted by molar-refractivity contribution is -0.139. The Kier molecular flexibility index (Phi) is 14.3. The van der Waals surface area contributed by atoms with Gasteiger partial charge < -0.3 is 4.74 Å². The summed E-state index contributed by atoms with van der Waals surface area (Å²) in [5.41, 5.74) is 0.441. The van der Waals surface area contributed by atoms with Crippen molar-refractivity contribution in [3.63, 3.8) is 0 Å². The Morgan fingerprint density at radius 1 is 1.46 bits per heavy atom. The van der Waals surface area contributed by atoms with Gasteiger partial charge in [0.05, 0.1) is 6.61 Å². The lowest BCUT2D eigenvalue weighted by Crippen LogP contribution is -2.06. The molecular formula is C8H16Cl2O2Si. The quantitative estimate of drug-likeness (QED) is 0.183. The van der Waals surface area contributed by atoms with E-state index in [-0.39, 0.29) is 5.97 Å². The van der Waals surface area contributed by atoms with Gasteiger partial charge in [0.2, 0.25) is 0 Å². The minimum atomic E-state index is -0.320. The topological polar surface area (TPSA) is 26.3 Å². The number of rotatable bonds is 5. The molecule has 0 saturated carbocycles. The van der Waals surface area contributed by atoms with Crippen LogP contribution in [-0.2, 0) is 9.53 Å². The second kappa shape index (κ2) is 12.0. The van der Waals surface area contributed by atoms with Crippen LogP contribution in [0.3, 0.4) is 0 Å². The average molecular weight is 243 g/mol. The van der Waals surface area contributed by atoms with Crippen LogP contribution in [0, 0.1) is 0 Å². The van der Waals surface area contributed by atoms with Crippen molar-refractivity contribution in [2.45, 2.75) is 19.8 Å². The summed E-state index contributed by atoms with van der Waals surface area (Å²) in [5, 5.41) is 0. The number of esters is 1. The van der Waals surface area contributed by atoms with E-state index in [0.717, 1.165) is 22.4 Å². The molecule has 5 heteroatoms. The molecule has 0 rings (SSSR count). The summed E-state index contributed by atoms with van der Waals surface area (Å²) in [6, 6.07) is 0. The number of halogens is 2. The van der Waals surface area contributed by atoms with Crippen LogP contribution in [0.15, 0.2) is 12.2 Å². The number of carbonyl (C=O) groups is 1. The van der Waals surface area contributed by atoms with Crippen molar-refractivity contribution in [2.24, 2.45) is 0 Å². The standard InChI is InChI=1S/C8H13ClO2.ClH3Si/c1-7(2)8(10)11-6-4-3-5-9;1-2/h1,3-6H2,2H3;2H3. The van der Waals surface area contributed by atoms with Crippen molar-refractivity contribution in [1.82, 2.24) is 0 Å². The van der Waals surface area contributed by atoms with Gasteiger partial charge in [-0.3, -0.25) is 0 Å². The van der Waals surface area contributed by atoms with Gasteiger partial charge in [-0.15, -0.1) is 11.6 Å². The Balaban J connectivity index is 0. The predicted molar refractivity (Wildman–Crippen MR) is 61.5 cm³/mol. The van der Waals surface area contributed by atoms with E-state index in [1.54, 1.807) is 6.92 Å². The number of alkyl halides is 1. The van der Waals surface area contributed by atoms with Gasteiger partial charge in [-0.25, -0.2) is 4.79 Å². The first-order valence-electron chi connectivity index (χ1n) is 3.95. The number of ether oxygens (including phenoxy) is 1. The molecule has 0 aromatic carbocycles. The molecule has 78 valence electrons. The van der Waals surface area contributed by atoms with E-state index < -0.39 is 0 Å². The molecule has 0 radical (unpaired) electrons. The van der Waals surface area contributed by atoms with Crippen molar-refractivity contribution < 1.29 is 9.53 Å². The van der Waals surface area contributed by atoms with Gasteiger partial charge in [0, 0.05) is 11.5 Å². The maximum atomic E-state index is 10.8. The Labute approximate surface area is 92.4 Å². The van der Waals surface area contributed by atoms with E-state index in [9.17, 15) is 4.79 Å². The maximum Gasteiger partial charge on any atom is 0.333 e. The van der Waals surface area contributed by atoms with Crippen molar-refractivity contribution in [2.75, 3.05) is 12.5 Å². The maximum absolute atomic E-state index is 10.8. The fourth-order valence-corrected chi connectivity index (χ4v) is 0.674. The van der Waals surface area contributed by atoms with Crippen LogP contribution < -0.4 is 0 Å². The highest BCUT2D eigenvalue weighted by Gasteiger charge is 2.00. The molecule has 0 spiro atoms. The molecule has 0 aromatic rings. The van der Waals surface area contributed by atoms with Gasteiger partial charge in [0.15, 0.2) is 0 Å². The third-order valence-corrected chi connectivity index (χ3v) is 1.38. The first-order valence-corrected chi connectivity index (χ1v) is 7.50. The van der Waals surface area contributed by atoms with E-state index in [0.29, 0.717) is 18.1 Å². The molecule has 2 nitrogen and oxygen atoms in total.